The first-order valence-electron chi connectivity index (χ1n) is 11.6. The second-order valence-electron chi connectivity index (χ2n) is 9.99. The van der Waals surface area contributed by atoms with Gasteiger partial charge in [-0.1, -0.05) is 12.1 Å². The maximum atomic E-state index is 14.2. The van der Waals surface area contributed by atoms with E-state index in [9.17, 15) is 14.0 Å². The lowest BCUT2D eigenvalue weighted by atomic mass is 9.96. The van der Waals surface area contributed by atoms with E-state index in [2.05, 4.69) is 5.10 Å². The van der Waals surface area contributed by atoms with Crippen LogP contribution in [-0.4, -0.2) is 62.9 Å². The zero-order valence-corrected chi connectivity index (χ0v) is 20.5. The summed E-state index contributed by atoms with van der Waals surface area (Å²) in [5.41, 5.74) is 0.821. The van der Waals surface area contributed by atoms with Gasteiger partial charge in [-0.25, -0.2) is 13.9 Å². The molecule has 0 N–H and O–H groups in total. The van der Waals surface area contributed by atoms with Gasteiger partial charge in [-0.2, -0.15) is 5.10 Å². The Labute approximate surface area is 195 Å². The third-order valence-corrected chi connectivity index (χ3v) is 5.83. The van der Waals surface area contributed by atoms with Gasteiger partial charge in [0.1, 0.15) is 17.1 Å². The Bertz CT molecular complexity index is 996. The van der Waals surface area contributed by atoms with E-state index in [1.807, 2.05) is 39.5 Å². The molecule has 0 saturated carbocycles. The van der Waals surface area contributed by atoms with Crippen LogP contribution in [0.5, 0.6) is 0 Å². The Balaban J connectivity index is 1.72. The molecule has 1 aliphatic rings. The summed E-state index contributed by atoms with van der Waals surface area (Å²) in [6.07, 6.45) is 2.97. The van der Waals surface area contributed by atoms with E-state index in [-0.39, 0.29) is 24.0 Å². The van der Waals surface area contributed by atoms with Crippen LogP contribution in [0.3, 0.4) is 0 Å². The lowest BCUT2D eigenvalue weighted by Crippen LogP contribution is -2.48. The molecule has 33 heavy (non-hydrogen) atoms. The molecule has 0 bridgehead atoms. The molecule has 0 radical (unpaired) electrons. The van der Waals surface area contributed by atoms with Gasteiger partial charge in [-0.3, -0.25) is 4.79 Å². The molecule has 1 aromatic heterocycles. The quantitative estimate of drug-likeness (QED) is 0.644. The van der Waals surface area contributed by atoms with Crippen molar-refractivity contribution in [1.29, 1.82) is 0 Å². The van der Waals surface area contributed by atoms with Crippen molar-refractivity contribution in [2.75, 3.05) is 19.6 Å². The number of para-hydroxylation sites is 1. The van der Waals surface area contributed by atoms with Crippen molar-refractivity contribution < 1.29 is 18.7 Å². The summed E-state index contributed by atoms with van der Waals surface area (Å²) in [7, 11) is 0. The van der Waals surface area contributed by atoms with Crippen LogP contribution in [0.4, 0.5) is 9.18 Å². The van der Waals surface area contributed by atoms with Gasteiger partial charge < -0.3 is 14.5 Å². The summed E-state index contributed by atoms with van der Waals surface area (Å²) >= 11 is 0. The van der Waals surface area contributed by atoms with Crippen LogP contribution >= 0.6 is 0 Å². The zero-order valence-electron chi connectivity index (χ0n) is 20.5. The van der Waals surface area contributed by atoms with E-state index in [1.54, 1.807) is 30.0 Å². The third kappa shape index (κ3) is 5.92. The van der Waals surface area contributed by atoms with Crippen LogP contribution in [0, 0.1) is 18.7 Å². The first-order valence-corrected chi connectivity index (χ1v) is 11.6. The molecule has 1 atom stereocenters. The molecule has 1 unspecified atom stereocenters. The molecule has 8 heteroatoms. The molecule has 1 aromatic carbocycles. The third-order valence-electron chi connectivity index (χ3n) is 5.83. The number of aromatic nitrogens is 2. The second kappa shape index (κ2) is 9.93. The van der Waals surface area contributed by atoms with Crippen molar-refractivity contribution in [3.05, 3.63) is 47.5 Å². The number of hydrogen-bond donors (Lipinski definition) is 0. The number of carbonyl (C=O) groups is 2. The lowest BCUT2D eigenvalue weighted by Gasteiger charge is -2.37. The average Bonchev–Trinajstić information content (AvgIpc) is 3.11. The first-order chi connectivity index (χ1) is 15.5. The van der Waals surface area contributed by atoms with Crippen LogP contribution in [0.25, 0.3) is 5.69 Å². The van der Waals surface area contributed by atoms with Gasteiger partial charge in [0.05, 0.1) is 17.5 Å². The molecule has 7 nitrogen and oxygen atoms in total. The number of rotatable bonds is 5. The second-order valence-corrected chi connectivity index (χ2v) is 9.99. The Morgan fingerprint density at radius 3 is 2.61 bits per heavy atom. The van der Waals surface area contributed by atoms with Gasteiger partial charge in [0.25, 0.3) is 5.91 Å². The number of amides is 2. The average molecular weight is 459 g/mol. The van der Waals surface area contributed by atoms with E-state index in [1.165, 1.54) is 16.9 Å². The van der Waals surface area contributed by atoms with Gasteiger partial charge in [0.2, 0.25) is 0 Å². The number of nitrogens with zero attached hydrogens (tertiary/aromatic N) is 4. The summed E-state index contributed by atoms with van der Waals surface area (Å²) in [6, 6.07) is 6.36. The van der Waals surface area contributed by atoms with E-state index >= 15 is 0 Å². The van der Waals surface area contributed by atoms with E-state index in [0.717, 1.165) is 12.8 Å². The number of piperidine rings is 1. The molecule has 1 saturated heterocycles. The molecule has 2 amide bonds. The Hall–Kier alpha value is -2.90. The minimum Gasteiger partial charge on any atom is -0.444 e. The van der Waals surface area contributed by atoms with Gasteiger partial charge in [-0.15, -0.1) is 0 Å². The van der Waals surface area contributed by atoms with Crippen molar-refractivity contribution in [2.24, 2.45) is 5.92 Å². The predicted octanol–water partition coefficient (Wildman–Crippen LogP) is 4.82. The maximum Gasteiger partial charge on any atom is 0.410 e. The number of hydrogen-bond acceptors (Lipinski definition) is 4. The van der Waals surface area contributed by atoms with Crippen LogP contribution in [-0.2, 0) is 4.74 Å². The number of likely N-dealkylation sites (tertiary alicyclic amines) is 1. The summed E-state index contributed by atoms with van der Waals surface area (Å²) < 4.78 is 21.3. The number of ether oxygens (including phenoxy) is 1. The highest BCUT2D eigenvalue weighted by Gasteiger charge is 2.31. The molecule has 1 fully saturated rings. The van der Waals surface area contributed by atoms with E-state index < -0.39 is 11.4 Å². The van der Waals surface area contributed by atoms with Gasteiger partial charge in [0, 0.05) is 25.7 Å². The minimum atomic E-state index is -0.561. The molecule has 2 heterocycles. The fraction of sp³-hybridized carbons (Fsp3) is 0.560. The van der Waals surface area contributed by atoms with Crippen LogP contribution < -0.4 is 0 Å². The van der Waals surface area contributed by atoms with Gasteiger partial charge >= 0.3 is 6.09 Å². The zero-order chi connectivity index (χ0) is 24.3. The minimum absolute atomic E-state index is 0.00725. The molecule has 0 aliphatic carbocycles. The smallest absolute Gasteiger partial charge is 0.410 e. The summed E-state index contributed by atoms with van der Waals surface area (Å²) in [6.45, 7) is 13.0. The standard InChI is InChI=1S/C25H35FN4O3/c1-17(2)29(24(32)33-25(4,5)6)16-19-10-9-13-28(15-19)23(31)20-14-27-30(18(20)3)22-12-8-7-11-21(22)26/h7-8,11-12,14,17,19H,9-10,13,15-16H2,1-6H3. The number of carbonyl (C=O) groups excluding carboxylic acids is 2. The Morgan fingerprint density at radius 1 is 1.27 bits per heavy atom. The van der Waals surface area contributed by atoms with Crippen molar-refractivity contribution >= 4 is 12.0 Å². The highest BCUT2D eigenvalue weighted by molar-refractivity contribution is 5.95. The summed E-state index contributed by atoms with van der Waals surface area (Å²) in [4.78, 5) is 29.6. The monoisotopic (exact) mass is 458 g/mol. The van der Waals surface area contributed by atoms with Crippen LogP contribution in [0.1, 0.15) is 63.5 Å². The molecule has 1 aliphatic heterocycles. The summed E-state index contributed by atoms with van der Waals surface area (Å²) in [5, 5.41) is 4.27. The largest absolute Gasteiger partial charge is 0.444 e. The van der Waals surface area contributed by atoms with Crippen molar-refractivity contribution in [3.63, 3.8) is 0 Å². The molecule has 2 aromatic rings. The van der Waals surface area contributed by atoms with Crippen molar-refractivity contribution in [3.8, 4) is 5.69 Å². The predicted molar refractivity (Wildman–Crippen MR) is 125 cm³/mol. The molecular weight excluding hydrogens is 423 g/mol. The van der Waals surface area contributed by atoms with Crippen LogP contribution in [0.2, 0.25) is 0 Å². The molecule has 3 rings (SSSR count). The van der Waals surface area contributed by atoms with Crippen molar-refractivity contribution in [1.82, 2.24) is 19.6 Å². The van der Waals surface area contributed by atoms with Gasteiger partial charge in [0.15, 0.2) is 0 Å². The lowest BCUT2D eigenvalue weighted by molar-refractivity contribution is 0.0124. The molecular formula is C25H35FN4O3. The fourth-order valence-electron chi connectivity index (χ4n) is 4.15. The normalized spacial score (nSPS) is 16.7. The van der Waals surface area contributed by atoms with Gasteiger partial charge in [-0.05, 0) is 72.4 Å². The first kappa shape index (κ1) is 24.7. The van der Waals surface area contributed by atoms with Crippen LogP contribution in [0.15, 0.2) is 30.5 Å². The summed E-state index contributed by atoms with van der Waals surface area (Å²) in [5.74, 6) is -0.357. The molecule has 180 valence electrons. The molecule has 0 spiro atoms. The Morgan fingerprint density at radius 2 is 1.97 bits per heavy atom. The highest BCUT2D eigenvalue weighted by Crippen LogP contribution is 2.24. The number of benzene rings is 1. The van der Waals surface area contributed by atoms with E-state index in [0.29, 0.717) is 36.6 Å². The topological polar surface area (TPSA) is 67.7 Å². The highest BCUT2D eigenvalue weighted by atomic mass is 19.1. The van der Waals surface area contributed by atoms with Crippen molar-refractivity contribution in [2.45, 2.75) is 66.0 Å². The Kier molecular flexibility index (Phi) is 7.44. The SMILES string of the molecule is Cc1c(C(=O)N2CCCC(CN(C(=O)OC(C)(C)C)C(C)C)C2)cnn1-c1ccccc1F. The fourth-order valence-corrected chi connectivity index (χ4v) is 4.15. The number of halogens is 1. The maximum absolute atomic E-state index is 14.2. The van der Waals surface area contributed by atoms with E-state index in [4.69, 9.17) is 4.74 Å².